The molecule has 0 fully saturated rings. The quantitative estimate of drug-likeness (QED) is 0.547. The Balaban J connectivity index is 2.86. The highest BCUT2D eigenvalue weighted by atomic mass is 16.6. The molecule has 7 heteroatoms. The topological polar surface area (TPSA) is 88.1 Å². The summed E-state index contributed by atoms with van der Waals surface area (Å²) < 4.78 is 19.3. The monoisotopic (exact) mass is 296 g/mol. The molecule has 0 spiro atoms. The zero-order valence-corrected chi connectivity index (χ0v) is 12.0. The van der Waals surface area contributed by atoms with Gasteiger partial charge in [0.2, 0.25) is 0 Å². The fraction of sp³-hybridized carbons (Fsp3) is 0.357. The average Bonchev–Trinajstić information content (AvgIpc) is 2.49. The van der Waals surface area contributed by atoms with Crippen molar-refractivity contribution in [3.05, 3.63) is 23.8 Å². The Labute approximate surface area is 121 Å². The minimum absolute atomic E-state index is 0.207. The predicted molar refractivity (Wildman–Crippen MR) is 71.5 cm³/mol. The van der Waals surface area contributed by atoms with E-state index in [0.717, 1.165) is 0 Å². The number of carbonyl (C=O) groups is 3. The Hall–Kier alpha value is -2.57. The number of hydrogen-bond donors (Lipinski definition) is 0. The maximum absolute atomic E-state index is 11.4. The molecule has 0 saturated carbocycles. The summed E-state index contributed by atoms with van der Waals surface area (Å²) in [5.41, 5.74) is 0.331. The van der Waals surface area contributed by atoms with Gasteiger partial charge in [0.15, 0.2) is 19.0 Å². The van der Waals surface area contributed by atoms with E-state index in [0.29, 0.717) is 5.56 Å². The highest BCUT2D eigenvalue weighted by Gasteiger charge is 2.10. The van der Waals surface area contributed by atoms with E-state index < -0.39 is 11.9 Å². The molecule has 0 amide bonds. The number of Topliss-reactive ketones (excluding diaryl/α,β-unsaturated/α-hetero) is 1. The molecule has 0 aliphatic rings. The van der Waals surface area contributed by atoms with Gasteiger partial charge >= 0.3 is 11.9 Å². The minimum atomic E-state index is -0.555. The number of benzene rings is 1. The lowest BCUT2D eigenvalue weighted by Crippen LogP contribution is -2.14. The van der Waals surface area contributed by atoms with Crippen molar-refractivity contribution < 1.29 is 33.3 Å². The number of rotatable bonds is 7. The SMILES string of the molecule is COC(=O)COc1cc(OCC(=O)OC)cc(C(C)=O)c1. The van der Waals surface area contributed by atoms with Gasteiger partial charge in [-0.1, -0.05) is 0 Å². The van der Waals surface area contributed by atoms with Crippen LogP contribution in [0.4, 0.5) is 0 Å². The van der Waals surface area contributed by atoms with Gasteiger partial charge in [0, 0.05) is 11.6 Å². The molecule has 1 aromatic rings. The summed E-state index contributed by atoms with van der Waals surface area (Å²) in [5, 5.41) is 0. The van der Waals surface area contributed by atoms with Gasteiger partial charge in [-0.25, -0.2) is 9.59 Å². The number of methoxy groups -OCH3 is 2. The third-order valence-corrected chi connectivity index (χ3v) is 2.46. The molecule has 0 aliphatic carbocycles. The summed E-state index contributed by atoms with van der Waals surface area (Å²) in [7, 11) is 2.48. The van der Waals surface area contributed by atoms with Crippen LogP contribution in [-0.4, -0.2) is 45.2 Å². The van der Waals surface area contributed by atoms with Gasteiger partial charge in [0.25, 0.3) is 0 Å². The molecule has 0 atom stereocenters. The second-order valence-electron chi connectivity index (χ2n) is 3.98. The molecule has 0 N–H and O–H groups in total. The number of ketones is 1. The van der Waals surface area contributed by atoms with Crippen molar-refractivity contribution in [1.82, 2.24) is 0 Å². The van der Waals surface area contributed by atoms with Crippen LogP contribution < -0.4 is 9.47 Å². The first-order valence-corrected chi connectivity index (χ1v) is 6.01. The molecule has 21 heavy (non-hydrogen) atoms. The third kappa shape index (κ3) is 5.52. The lowest BCUT2D eigenvalue weighted by Gasteiger charge is -2.10. The van der Waals surface area contributed by atoms with Gasteiger partial charge in [-0.05, 0) is 19.1 Å². The Morgan fingerprint density at radius 2 is 1.29 bits per heavy atom. The normalized spacial score (nSPS) is 9.67. The molecule has 1 aromatic carbocycles. The second-order valence-corrected chi connectivity index (χ2v) is 3.98. The largest absolute Gasteiger partial charge is 0.482 e. The molecule has 0 aliphatic heterocycles. The number of ether oxygens (including phenoxy) is 4. The van der Waals surface area contributed by atoms with E-state index in [2.05, 4.69) is 9.47 Å². The van der Waals surface area contributed by atoms with E-state index in [1.54, 1.807) is 0 Å². The number of carbonyl (C=O) groups excluding carboxylic acids is 3. The molecule has 0 saturated heterocycles. The standard InChI is InChI=1S/C14H16O7/c1-9(15)10-4-11(20-7-13(16)18-2)6-12(5-10)21-8-14(17)19-3/h4-6H,7-8H2,1-3H3. The van der Waals surface area contributed by atoms with Crippen molar-refractivity contribution in [2.75, 3.05) is 27.4 Å². The van der Waals surface area contributed by atoms with E-state index >= 15 is 0 Å². The summed E-state index contributed by atoms with van der Waals surface area (Å²) in [6.07, 6.45) is 0. The molecule has 0 bridgehead atoms. The van der Waals surface area contributed by atoms with Crippen molar-refractivity contribution in [3.63, 3.8) is 0 Å². The van der Waals surface area contributed by atoms with Gasteiger partial charge in [-0.15, -0.1) is 0 Å². The average molecular weight is 296 g/mol. The van der Waals surface area contributed by atoms with Crippen LogP contribution >= 0.6 is 0 Å². The highest BCUT2D eigenvalue weighted by Crippen LogP contribution is 2.23. The van der Waals surface area contributed by atoms with Crippen molar-refractivity contribution in [2.24, 2.45) is 0 Å². The molecule has 114 valence electrons. The Kier molecular flexibility index (Phi) is 6.19. The molecule has 0 radical (unpaired) electrons. The van der Waals surface area contributed by atoms with E-state index in [4.69, 9.17) is 9.47 Å². The van der Waals surface area contributed by atoms with Crippen LogP contribution in [0.1, 0.15) is 17.3 Å². The molecule has 1 rings (SSSR count). The summed E-state index contributed by atoms with van der Waals surface area (Å²) in [6, 6.07) is 4.39. The molecule has 7 nitrogen and oxygen atoms in total. The molecular formula is C14H16O7. The van der Waals surface area contributed by atoms with Crippen LogP contribution in [0, 0.1) is 0 Å². The smallest absolute Gasteiger partial charge is 0.343 e. The zero-order valence-electron chi connectivity index (χ0n) is 12.0. The maximum Gasteiger partial charge on any atom is 0.343 e. The maximum atomic E-state index is 11.4. The van der Waals surface area contributed by atoms with E-state index in [-0.39, 0.29) is 30.5 Å². The minimum Gasteiger partial charge on any atom is -0.482 e. The van der Waals surface area contributed by atoms with Crippen LogP contribution in [0.5, 0.6) is 11.5 Å². The fourth-order valence-corrected chi connectivity index (χ4v) is 1.34. The Morgan fingerprint density at radius 1 is 0.857 bits per heavy atom. The third-order valence-electron chi connectivity index (χ3n) is 2.46. The Bertz CT molecular complexity index is 498. The number of esters is 2. The van der Waals surface area contributed by atoms with E-state index in [1.807, 2.05) is 0 Å². The van der Waals surface area contributed by atoms with Crippen LogP contribution in [0.25, 0.3) is 0 Å². The fourth-order valence-electron chi connectivity index (χ4n) is 1.34. The van der Waals surface area contributed by atoms with Crippen LogP contribution in [-0.2, 0) is 19.1 Å². The summed E-state index contributed by atoms with van der Waals surface area (Å²) in [4.78, 5) is 33.5. The summed E-state index contributed by atoms with van der Waals surface area (Å²) >= 11 is 0. The highest BCUT2D eigenvalue weighted by molar-refractivity contribution is 5.95. The van der Waals surface area contributed by atoms with Gasteiger partial charge < -0.3 is 18.9 Å². The van der Waals surface area contributed by atoms with Gasteiger partial charge in [-0.3, -0.25) is 4.79 Å². The molecular weight excluding hydrogens is 280 g/mol. The lowest BCUT2D eigenvalue weighted by molar-refractivity contribution is -0.143. The second kappa shape index (κ2) is 7.88. The van der Waals surface area contributed by atoms with Crippen LogP contribution in [0.2, 0.25) is 0 Å². The van der Waals surface area contributed by atoms with Crippen LogP contribution in [0.15, 0.2) is 18.2 Å². The van der Waals surface area contributed by atoms with Gasteiger partial charge in [0.05, 0.1) is 14.2 Å². The van der Waals surface area contributed by atoms with Gasteiger partial charge in [0.1, 0.15) is 11.5 Å². The summed E-state index contributed by atoms with van der Waals surface area (Å²) in [5.74, 6) is -0.803. The molecule has 0 unspecified atom stereocenters. The zero-order chi connectivity index (χ0) is 15.8. The van der Waals surface area contributed by atoms with E-state index in [1.165, 1.54) is 39.3 Å². The first kappa shape index (κ1) is 16.5. The van der Waals surface area contributed by atoms with E-state index in [9.17, 15) is 14.4 Å². The number of hydrogen-bond acceptors (Lipinski definition) is 7. The van der Waals surface area contributed by atoms with Crippen molar-refractivity contribution in [3.8, 4) is 11.5 Å². The van der Waals surface area contributed by atoms with Crippen molar-refractivity contribution >= 4 is 17.7 Å². The van der Waals surface area contributed by atoms with Crippen LogP contribution in [0.3, 0.4) is 0 Å². The molecule has 0 heterocycles. The van der Waals surface area contributed by atoms with Crippen molar-refractivity contribution in [2.45, 2.75) is 6.92 Å². The first-order valence-electron chi connectivity index (χ1n) is 6.01. The summed E-state index contributed by atoms with van der Waals surface area (Å²) in [6.45, 7) is 0.784. The molecule has 0 aromatic heterocycles. The van der Waals surface area contributed by atoms with Gasteiger partial charge in [-0.2, -0.15) is 0 Å². The predicted octanol–water partition coefficient (Wildman–Crippen LogP) is 0.993. The lowest BCUT2D eigenvalue weighted by atomic mass is 10.1. The Morgan fingerprint density at radius 3 is 1.62 bits per heavy atom. The first-order chi connectivity index (χ1) is 9.96. The van der Waals surface area contributed by atoms with Crippen molar-refractivity contribution in [1.29, 1.82) is 0 Å².